The molecule has 0 saturated carbocycles. The van der Waals surface area contributed by atoms with E-state index in [0.29, 0.717) is 19.8 Å². The molecule has 0 aliphatic carbocycles. The molecule has 0 aromatic heterocycles. The third-order valence-electron chi connectivity index (χ3n) is 3.81. The minimum atomic E-state index is 0.293. The SMILES string of the molecule is COc1c2c(c(CN=C=O)c3c1OCCC3)OCCC2. The summed E-state index contributed by atoms with van der Waals surface area (Å²) < 4.78 is 17.2. The van der Waals surface area contributed by atoms with E-state index in [4.69, 9.17) is 14.2 Å². The van der Waals surface area contributed by atoms with Crippen LogP contribution >= 0.6 is 0 Å². The van der Waals surface area contributed by atoms with E-state index in [1.54, 1.807) is 13.2 Å². The fraction of sp³-hybridized carbons (Fsp3) is 0.533. The van der Waals surface area contributed by atoms with Crippen LogP contribution in [0.1, 0.15) is 29.5 Å². The number of aliphatic imine (C=N–C) groups is 1. The second kappa shape index (κ2) is 5.55. The van der Waals surface area contributed by atoms with E-state index in [2.05, 4.69) is 4.99 Å². The molecule has 3 rings (SSSR count). The van der Waals surface area contributed by atoms with Crippen molar-refractivity contribution in [1.29, 1.82) is 0 Å². The van der Waals surface area contributed by atoms with Crippen LogP contribution in [0.4, 0.5) is 0 Å². The number of isocyanates is 1. The van der Waals surface area contributed by atoms with E-state index >= 15 is 0 Å². The molecule has 0 amide bonds. The molecular weight excluding hydrogens is 258 g/mol. The van der Waals surface area contributed by atoms with Gasteiger partial charge in [0.25, 0.3) is 0 Å². The van der Waals surface area contributed by atoms with Crippen LogP contribution in [0.15, 0.2) is 4.99 Å². The lowest BCUT2D eigenvalue weighted by Gasteiger charge is -2.29. The van der Waals surface area contributed by atoms with Gasteiger partial charge in [0.2, 0.25) is 6.08 Å². The number of methoxy groups -OCH3 is 1. The van der Waals surface area contributed by atoms with Crippen molar-refractivity contribution in [3.8, 4) is 17.2 Å². The fourth-order valence-corrected chi connectivity index (χ4v) is 2.99. The normalized spacial score (nSPS) is 16.1. The number of ether oxygens (including phenoxy) is 3. The van der Waals surface area contributed by atoms with E-state index in [-0.39, 0.29) is 0 Å². The lowest BCUT2D eigenvalue weighted by Crippen LogP contribution is -2.18. The Balaban J connectivity index is 2.23. The van der Waals surface area contributed by atoms with Crippen LogP contribution in [0.5, 0.6) is 17.2 Å². The molecule has 0 spiro atoms. The molecule has 1 aromatic carbocycles. The van der Waals surface area contributed by atoms with Gasteiger partial charge in [0.1, 0.15) is 5.75 Å². The van der Waals surface area contributed by atoms with Gasteiger partial charge in [0.15, 0.2) is 11.5 Å². The van der Waals surface area contributed by atoms with Gasteiger partial charge in [-0.25, -0.2) is 9.79 Å². The maximum atomic E-state index is 10.4. The second-order valence-electron chi connectivity index (χ2n) is 4.94. The summed E-state index contributed by atoms with van der Waals surface area (Å²) in [7, 11) is 1.66. The zero-order valence-electron chi connectivity index (χ0n) is 11.5. The van der Waals surface area contributed by atoms with Crippen molar-refractivity contribution in [2.45, 2.75) is 32.2 Å². The summed E-state index contributed by atoms with van der Waals surface area (Å²) in [5.74, 6) is 2.42. The summed E-state index contributed by atoms with van der Waals surface area (Å²) in [6.45, 7) is 1.68. The Morgan fingerprint density at radius 1 is 1.15 bits per heavy atom. The summed E-state index contributed by atoms with van der Waals surface area (Å²) >= 11 is 0. The molecule has 0 atom stereocenters. The first kappa shape index (κ1) is 13.0. The van der Waals surface area contributed by atoms with Gasteiger partial charge in [-0.1, -0.05) is 0 Å². The van der Waals surface area contributed by atoms with Crippen molar-refractivity contribution in [2.24, 2.45) is 4.99 Å². The quantitative estimate of drug-likeness (QED) is 0.626. The lowest BCUT2D eigenvalue weighted by atomic mass is 9.92. The van der Waals surface area contributed by atoms with Gasteiger partial charge in [-0.15, -0.1) is 0 Å². The molecule has 20 heavy (non-hydrogen) atoms. The Kier molecular flexibility index (Phi) is 3.61. The Hall–Kier alpha value is -2.00. The standard InChI is InChI=1S/C15H17NO4/c1-18-14-11-5-3-6-19-13(11)12(8-16-9-17)10-4-2-7-20-15(10)14/h2-8H2,1H3. The molecule has 2 aliphatic heterocycles. The summed E-state index contributed by atoms with van der Waals surface area (Å²) in [4.78, 5) is 14.2. The molecule has 5 heteroatoms. The highest BCUT2D eigenvalue weighted by atomic mass is 16.5. The first-order valence-corrected chi connectivity index (χ1v) is 6.90. The molecule has 0 unspecified atom stereocenters. The average Bonchev–Trinajstić information content (AvgIpc) is 2.51. The van der Waals surface area contributed by atoms with Crippen molar-refractivity contribution in [3.05, 3.63) is 16.7 Å². The van der Waals surface area contributed by atoms with Crippen molar-refractivity contribution >= 4 is 6.08 Å². The van der Waals surface area contributed by atoms with Gasteiger partial charge in [0, 0.05) is 16.7 Å². The summed E-state index contributed by atoms with van der Waals surface area (Å²) in [6.07, 6.45) is 5.30. The maximum absolute atomic E-state index is 10.4. The number of hydrogen-bond donors (Lipinski definition) is 0. The van der Waals surface area contributed by atoms with Crippen molar-refractivity contribution in [3.63, 3.8) is 0 Å². The predicted octanol–water partition coefficient (Wildman–Crippen LogP) is 2.18. The summed E-state index contributed by atoms with van der Waals surface area (Å²) in [6, 6.07) is 0. The van der Waals surface area contributed by atoms with E-state index in [1.807, 2.05) is 0 Å². The van der Waals surface area contributed by atoms with Crippen molar-refractivity contribution in [2.75, 3.05) is 20.3 Å². The molecular formula is C15H17NO4. The Morgan fingerprint density at radius 2 is 1.85 bits per heavy atom. The van der Waals surface area contributed by atoms with Crippen LogP contribution in [0, 0.1) is 0 Å². The van der Waals surface area contributed by atoms with Gasteiger partial charge in [0.05, 0.1) is 26.9 Å². The van der Waals surface area contributed by atoms with Crippen LogP contribution in [-0.2, 0) is 24.2 Å². The Labute approximate surface area is 117 Å². The highest BCUT2D eigenvalue weighted by Crippen LogP contribution is 2.48. The van der Waals surface area contributed by atoms with Crippen molar-refractivity contribution in [1.82, 2.24) is 0 Å². The number of fused-ring (bicyclic) bond motifs is 2. The number of rotatable bonds is 3. The molecule has 106 valence electrons. The van der Waals surface area contributed by atoms with Gasteiger partial charge in [-0.3, -0.25) is 0 Å². The third kappa shape index (κ3) is 2.04. The van der Waals surface area contributed by atoms with E-state index in [0.717, 1.165) is 59.6 Å². The zero-order valence-corrected chi connectivity index (χ0v) is 11.5. The molecule has 0 bridgehead atoms. The topological polar surface area (TPSA) is 57.1 Å². The van der Waals surface area contributed by atoms with Crippen LogP contribution in [0.25, 0.3) is 0 Å². The smallest absolute Gasteiger partial charge is 0.235 e. The monoisotopic (exact) mass is 275 g/mol. The van der Waals surface area contributed by atoms with Crippen molar-refractivity contribution < 1.29 is 19.0 Å². The van der Waals surface area contributed by atoms with Crippen LogP contribution < -0.4 is 14.2 Å². The number of benzene rings is 1. The average molecular weight is 275 g/mol. The molecule has 5 nitrogen and oxygen atoms in total. The molecule has 2 heterocycles. The van der Waals surface area contributed by atoms with Crippen LogP contribution in [0.3, 0.4) is 0 Å². The van der Waals surface area contributed by atoms with E-state index in [9.17, 15) is 4.79 Å². The number of hydrogen-bond acceptors (Lipinski definition) is 5. The highest BCUT2D eigenvalue weighted by molar-refractivity contribution is 5.64. The van der Waals surface area contributed by atoms with Gasteiger partial charge < -0.3 is 14.2 Å². The molecule has 2 aliphatic rings. The Bertz CT molecular complexity index is 539. The van der Waals surface area contributed by atoms with E-state index in [1.165, 1.54) is 0 Å². The molecule has 1 aromatic rings. The third-order valence-corrected chi connectivity index (χ3v) is 3.81. The molecule has 0 N–H and O–H groups in total. The first-order valence-electron chi connectivity index (χ1n) is 6.90. The Morgan fingerprint density at radius 3 is 2.55 bits per heavy atom. The highest BCUT2D eigenvalue weighted by Gasteiger charge is 2.29. The van der Waals surface area contributed by atoms with Crippen LogP contribution in [-0.4, -0.2) is 26.4 Å². The molecule has 0 fully saturated rings. The molecule has 0 saturated heterocycles. The minimum Gasteiger partial charge on any atom is -0.493 e. The minimum absolute atomic E-state index is 0.293. The maximum Gasteiger partial charge on any atom is 0.235 e. The van der Waals surface area contributed by atoms with E-state index < -0.39 is 0 Å². The number of carbonyl (C=O) groups excluding carboxylic acids is 1. The number of nitrogens with zero attached hydrogens (tertiary/aromatic N) is 1. The predicted molar refractivity (Wildman–Crippen MR) is 72.5 cm³/mol. The first-order chi connectivity index (χ1) is 9.86. The summed E-state index contributed by atoms with van der Waals surface area (Å²) in [5.41, 5.74) is 3.06. The molecule has 0 radical (unpaired) electrons. The summed E-state index contributed by atoms with van der Waals surface area (Å²) in [5, 5.41) is 0. The zero-order chi connectivity index (χ0) is 13.9. The van der Waals surface area contributed by atoms with Gasteiger partial charge in [-0.05, 0) is 25.7 Å². The second-order valence-corrected chi connectivity index (χ2v) is 4.94. The van der Waals surface area contributed by atoms with Gasteiger partial charge >= 0.3 is 0 Å². The largest absolute Gasteiger partial charge is 0.493 e. The van der Waals surface area contributed by atoms with Crippen LogP contribution in [0.2, 0.25) is 0 Å². The van der Waals surface area contributed by atoms with Gasteiger partial charge in [-0.2, -0.15) is 0 Å². The fourth-order valence-electron chi connectivity index (χ4n) is 2.99. The lowest BCUT2D eigenvalue weighted by molar-refractivity contribution is 0.250.